The molecule has 3 aliphatic heterocycles. The maximum absolute atomic E-state index is 13.8. The van der Waals surface area contributed by atoms with Gasteiger partial charge in [-0.3, -0.25) is 4.79 Å². The van der Waals surface area contributed by atoms with Crippen LogP contribution in [0.3, 0.4) is 0 Å². The molecular formula is C27H25NO8S. The molecule has 0 aromatic heterocycles. The van der Waals surface area contributed by atoms with E-state index in [1.165, 1.54) is 4.31 Å². The maximum atomic E-state index is 13.8. The van der Waals surface area contributed by atoms with Gasteiger partial charge in [0.2, 0.25) is 23.6 Å². The first-order chi connectivity index (χ1) is 17.9. The lowest BCUT2D eigenvalue weighted by Gasteiger charge is -2.38. The molecule has 0 N–H and O–H groups in total. The Kier molecular flexibility index (Phi) is 5.92. The Hall–Kier alpha value is -3.76. The second-order valence-corrected chi connectivity index (χ2v) is 11.1. The molecule has 6 rings (SSSR count). The van der Waals surface area contributed by atoms with Crippen molar-refractivity contribution in [3.63, 3.8) is 0 Å². The van der Waals surface area contributed by atoms with Crippen molar-refractivity contribution < 1.29 is 36.9 Å². The van der Waals surface area contributed by atoms with Gasteiger partial charge in [-0.2, -0.15) is 4.31 Å². The molecular weight excluding hydrogens is 498 g/mol. The topological polar surface area (TPSA) is 101 Å². The van der Waals surface area contributed by atoms with Crippen LogP contribution >= 0.6 is 0 Å². The number of benzene rings is 3. The molecule has 0 saturated carbocycles. The van der Waals surface area contributed by atoms with Crippen LogP contribution in [-0.2, 0) is 26.0 Å². The number of rotatable bonds is 6. The van der Waals surface area contributed by atoms with E-state index >= 15 is 0 Å². The molecule has 10 heteroatoms. The molecule has 37 heavy (non-hydrogen) atoms. The highest BCUT2D eigenvalue weighted by Gasteiger charge is 2.42. The van der Waals surface area contributed by atoms with E-state index in [-0.39, 0.29) is 31.6 Å². The summed E-state index contributed by atoms with van der Waals surface area (Å²) in [6.45, 7) is 1.81. The number of esters is 1. The fraction of sp³-hybridized carbons (Fsp3) is 0.296. The molecule has 3 aromatic carbocycles. The highest BCUT2D eigenvalue weighted by Crippen LogP contribution is 2.41. The van der Waals surface area contributed by atoms with Gasteiger partial charge in [0.25, 0.3) is 0 Å². The molecule has 0 radical (unpaired) electrons. The average Bonchev–Trinajstić information content (AvgIpc) is 3.56. The van der Waals surface area contributed by atoms with E-state index in [0.717, 1.165) is 16.7 Å². The average molecular weight is 524 g/mol. The van der Waals surface area contributed by atoms with E-state index in [4.69, 9.17) is 23.7 Å². The summed E-state index contributed by atoms with van der Waals surface area (Å²) >= 11 is 0. The minimum Gasteiger partial charge on any atom is -0.454 e. The molecule has 3 aliphatic rings. The molecule has 192 valence electrons. The van der Waals surface area contributed by atoms with Crippen LogP contribution < -0.4 is 18.9 Å². The Morgan fingerprint density at radius 2 is 1.49 bits per heavy atom. The lowest BCUT2D eigenvalue weighted by Crippen LogP contribution is -2.50. The minimum absolute atomic E-state index is 0.0885. The number of carbonyl (C=O) groups excluding carboxylic acids is 1. The molecule has 1 saturated heterocycles. The summed E-state index contributed by atoms with van der Waals surface area (Å²) in [4.78, 5) is 12.7. The second kappa shape index (κ2) is 9.28. The Bertz CT molecular complexity index is 1450. The zero-order chi connectivity index (χ0) is 25.6. The molecule has 9 nitrogen and oxygen atoms in total. The van der Waals surface area contributed by atoms with Crippen molar-refractivity contribution in [2.45, 2.75) is 36.6 Å². The molecule has 0 unspecified atom stereocenters. The second-order valence-electron chi connectivity index (χ2n) is 9.23. The number of ether oxygens (including phenoxy) is 5. The fourth-order valence-electron chi connectivity index (χ4n) is 4.94. The lowest BCUT2D eigenvalue weighted by atomic mass is 9.83. The Balaban J connectivity index is 1.42. The molecule has 3 aromatic rings. The highest BCUT2D eigenvalue weighted by atomic mass is 32.2. The van der Waals surface area contributed by atoms with Crippen LogP contribution in [0.5, 0.6) is 23.0 Å². The quantitative estimate of drug-likeness (QED) is 0.451. The molecule has 0 bridgehead atoms. The number of aryl methyl sites for hydroxylation is 1. The number of fused-ring (bicyclic) bond motifs is 2. The largest absolute Gasteiger partial charge is 0.454 e. The van der Waals surface area contributed by atoms with Gasteiger partial charge in [-0.25, -0.2) is 8.42 Å². The monoisotopic (exact) mass is 523 g/mol. The third-order valence-electron chi connectivity index (χ3n) is 6.91. The molecule has 3 heterocycles. The molecule has 0 spiro atoms. The van der Waals surface area contributed by atoms with Crippen molar-refractivity contribution in [2.24, 2.45) is 0 Å². The first kappa shape index (κ1) is 23.6. The van der Waals surface area contributed by atoms with Crippen LogP contribution in [0.25, 0.3) is 0 Å². The van der Waals surface area contributed by atoms with Gasteiger partial charge in [-0.15, -0.1) is 0 Å². The van der Waals surface area contributed by atoms with E-state index in [9.17, 15) is 13.2 Å². The van der Waals surface area contributed by atoms with Crippen LogP contribution in [0.1, 0.15) is 29.0 Å². The van der Waals surface area contributed by atoms with Crippen LogP contribution in [-0.4, -0.2) is 45.1 Å². The number of cyclic esters (lactones) is 1. The van der Waals surface area contributed by atoms with Crippen molar-refractivity contribution in [1.29, 1.82) is 0 Å². The first-order valence-corrected chi connectivity index (χ1v) is 13.3. The van der Waals surface area contributed by atoms with Crippen molar-refractivity contribution >= 4 is 16.0 Å². The highest BCUT2D eigenvalue weighted by molar-refractivity contribution is 7.89. The van der Waals surface area contributed by atoms with E-state index < -0.39 is 28.0 Å². The lowest BCUT2D eigenvalue weighted by molar-refractivity contribution is -0.155. The standard InChI is InChI=1S/C27H25NO8S/c1-17-2-6-20(7-3-17)37(30,31)28-14-32-27(29)13-22(28)21(19-5-9-24-26(12-19)36-16-34-24)10-18-4-8-23-25(11-18)35-15-33-23/h2-9,11-12,21-22H,10,13-16H2,1H3/t21-,22+/m1/s1. The van der Waals surface area contributed by atoms with Gasteiger partial charge < -0.3 is 23.7 Å². The Morgan fingerprint density at radius 3 is 2.22 bits per heavy atom. The maximum Gasteiger partial charge on any atom is 0.308 e. The summed E-state index contributed by atoms with van der Waals surface area (Å²) in [7, 11) is -3.96. The number of hydrogen-bond acceptors (Lipinski definition) is 8. The van der Waals surface area contributed by atoms with Crippen LogP contribution in [0, 0.1) is 6.92 Å². The summed E-state index contributed by atoms with van der Waals surface area (Å²) in [6.07, 6.45) is 0.350. The van der Waals surface area contributed by atoms with E-state index in [1.54, 1.807) is 24.3 Å². The molecule has 1 fully saturated rings. The third kappa shape index (κ3) is 4.47. The number of carbonyl (C=O) groups is 1. The van der Waals surface area contributed by atoms with Gasteiger partial charge in [-0.1, -0.05) is 29.8 Å². The van der Waals surface area contributed by atoms with E-state index in [0.29, 0.717) is 29.4 Å². The number of nitrogens with zero attached hydrogens (tertiary/aromatic N) is 1. The molecule has 0 aliphatic carbocycles. The smallest absolute Gasteiger partial charge is 0.308 e. The third-order valence-corrected chi connectivity index (χ3v) is 8.77. The summed E-state index contributed by atoms with van der Waals surface area (Å²) < 4.78 is 56.2. The zero-order valence-electron chi connectivity index (χ0n) is 20.1. The summed E-state index contributed by atoms with van der Waals surface area (Å²) in [6, 6.07) is 17.2. The van der Waals surface area contributed by atoms with Crippen molar-refractivity contribution in [2.75, 3.05) is 20.3 Å². The first-order valence-electron chi connectivity index (χ1n) is 11.9. The van der Waals surface area contributed by atoms with E-state index in [1.807, 2.05) is 43.3 Å². The normalized spacial score (nSPS) is 19.5. The zero-order valence-corrected chi connectivity index (χ0v) is 20.9. The SMILES string of the molecule is Cc1ccc(S(=O)(=O)N2COC(=O)C[C@H]2[C@H](Cc2ccc3c(c2)OCO3)c2ccc3c(c2)OCO3)cc1. The van der Waals surface area contributed by atoms with Crippen molar-refractivity contribution in [1.82, 2.24) is 4.31 Å². The fourth-order valence-corrected chi connectivity index (χ4v) is 6.46. The van der Waals surface area contributed by atoms with Gasteiger partial charge >= 0.3 is 5.97 Å². The van der Waals surface area contributed by atoms with Gasteiger partial charge in [-0.05, 0) is 60.9 Å². The van der Waals surface area contributed by atoms with Crippen LogP contribution in [0.2, 0.25) is 0 Å². The number of hydrogen-bond donors (Lipinski definition) is 0. The number of sulfonamides is 1. The molecule has 2 atom stereocenters. The summed E-state index contributed by atoms with van der Waals surface area (Å²) in [5.74, 6) is 1.65. The predicted molar refractivity (Wildman–Crippen MR) is 131 cm³/mol. The van der Waals surface area contributed by atoms with Crippen molar-refractivity contribution in [3.05, 3.63) is 77.4 Å². The minimum atomic E-state index is -3.96. The Labute approximate surface area is 214 Å². The summed E-state index contributed by atoms with van der Waals surface area (Å²) in [5, 5.41) is 0. The van der Waals surface area contributed by atoms with Crippen molar-refractivity contribution in [3.8, 4) is 23.0 Å². The molecule has 0 amide bonds. The van der Waals surface area contributed by atoms with Gasteiger partial charge in [0, 0.05) is 12.0 Å². The van der Waals surface area contributed by atoms with Gasteiger partial charge in [0.15, 0.2) is 29.7 Å². The van der Waals surface area contributed by atoms with Gasteiger partial charge in [0.05, 0.1) is 11.3 Å². The van der Waals surface area contributed by atoms with Gasteiger partial charge in [0.1, 0.15) is 0 Å². The predicted octanol–water partition coefficient (Wildman–Crippen LogP) is 3.74. The van der Waals surface area contributed by atoms with Crippen LogP contribution in [0.4, 0.5) is 0 Å². The summed E-state index contributed by atoms with van der Waals surface area (Å²) in [5.41, 5.74) is 2.69. The Morgan fingerprint density at radius 1 is 0.838 bits per heavy atom. The van der Waals surface area contributed by atoms with E-state index in [2.05, 4.69) is 0 Å². The van der Waals surface area contributed by atoms with Crippen LogP contribution in [0.15, 0.2) is 65.6 Å².